The van der Waals surface area contributed by atoms with E-state index in [2.05, 4.69) is 5.32 Å². The van der Waals surface area contributed by atoms with Gasteiger partial charge in [-0.2, -0.15) is 0 Å². The first-order chi connectivity index (χ1) is 11.3. The van der Waals surface area contributed by atoms with E-state index >= 15 is 0 Å². The minimum atomic E-state index is -0.783. The smallest absolute Gasteiger partial charge is 0.318 e. The van der Waals surface area contributed by atoms with Gasteiger partial charge in [0.1, 0.15) is 18.3 Å². The SMILES string of the molecule is O=C1CCN[C@H](c2ccccc2)[C@H]1C(=O)OCc1ccccc1. The van der Waals surface area contributed by atoms with Crippen LogP contribution < -0.4 is 5.32 Å². The summed E-state index contributed by atoms with van der Waals surface area (Å²) in [6, 6.07) is 18.7. The third-order valence-corrected chi connectivity index (χ3v) is 4.05. The van der Waals surface area contributed by atoms with Gasteiger partial charge in [0.2, 0.25) is 0 Å². The zero-order valence-electron chi connectivity index (χ0n) is 12.8. The fourth-order valence-electron chi connectivity index (χ4n) is 2.87. The number of rotatable bonds is 4. The molecule has 2 aromatic rings. The van der Waals surface area contributed by atoms with Crippen molar-refractivity contribution >= 4 is 11.8 Å². The fraction of sp³-hybridized carbons (Fsp3) is 0.263. The van der Waals surface area contributed by atoms with E-state index in [1.165, 1.54) is 0 Å². The third-order valence-electron chi connectivity index (χ3n) is 4.05. The van der Waals surface area contributed by atoms with E-state index in [1.54, 1.807) is 0 Å². The summed E-state index contributed by atoms with van der Waals surface area (Å²) in [7, 11) is 0. The molecule has 0 aliphatic carbocycles. The number of hydrogen-bond donors (Lipinski definition) is 1. The molecule has 0 spiro atoms. The van der Waals surface area contributed by atoms with Crippen molar-refractivity contribution in [2.75, 3.05) is 6.54 Å². The van der Waals surface area contributed by atoms with Crippen LogP contribution in [0.1, 0.15) is 23.6 Å². The van der Waals surface area contributed by atoms with Gasteiger partial charge in [0.25, 0.3) is 0 Å². The van der Waals surface area contributed by atoms with E-state index in [0.29, 0.717) is 13.0 Å². The number of esters is 1. The van der Waals surface area contributed by atoms with E-state index in [-0.39, 0.29) is 18.4 Å². The van der Waals surface area contributed by atoms with Gasteiger partial charge >= 0.3 is 5.97 Å². The lowest BCUT2D eigenvalue weighted by Gasteiger charge is -2.30. The number of nitrogens with one attached hydrogen (secondary N) is 1. The van der Waals surface area contributed by atoms with Crippen LogP contribution in [0.4, 0.5) is 0 Å². The van der Waals surface area contributed by atoms with Crippen molar-refractivity contribution in [2.24, 2.45) is 5.92 Å². The van der Waals surface area contributed by atoms with E-state index in [1.807, 2.05) is 60.7 Å². The molecule has 0 aromatic heterocycles. The van der Waals surface area contributed by atoms with Crippen LogP contribution in [-0.2, 0) is 20.9 Å². The Labute approximate surface area is 135 Å². The van der Waals surface area contributed by atoms with Crippen molar-refractivity contribution in [3.63, 3.8) is 0 Å². The van der Waals surface area contributed by atoms with Crippen LogP contribution >= 0.6 is 0 Å². The van der Waals surface area contributed by atoms with Crippen LogP contribution in [0.3, 0.4) is 0 Å². The van der Waals surface area contributed by atoms with Crippen LogP contribution in [0, 0.1) is 5.92 Å². The lowest BCUT2D eigenvalue weighted by Crippen LogP contribution is -2.44. The van der Waals surface area contributed by atoms with Gasteiger partial charge in [0.05, 0.1) is 6.04 Å². The Hall–Kier alpha value is -2.46. The molecule has 2 aromatic carbocycles. The van der Waals surface area contributed by atoms with Gasteiger partial charge in [0, 0.05) is 13.0 Å². The Kier molecular flexibility index (Phi) is 4.83. The summed E-state index contributed by atoms with van der Waals surface area (Å²) in [6.45, 7) is 0.770. The Morgan fingerprint density at radius 2 is 1.70 bits per heavy atom. The Bertz CT molecular complexity index is 670. The van der Waals surface area contributed by atoms with Crippen molar-refractivity contribution in [3.8, 4) is 0 Å². The lowest BCUT2D eigenvalue weighted by atomic mass is 9.85. The van der Waals surface area contributed by atoms with Crippen molar-refractivity contribution in [1.82, 2.24) is 5.32 Å². The largest absolute Gasteiger partial charge is 0.460 e. The molecule has 0 unspecified atom stereocenters. The van der Waals surface area contributed by atoms with E-state index < -0.39 is 11.9 Å². The zero-order valence-corrected chi connectivity index (χ0v) is 12.8. The minimum absolute atomic E-state index is 0.0596. The minimum Gasteiger partial charge on any atom is -0.460 e. The highest BCUT2D eigenvalue weighted by atomic mass is 16.5. The number of ether oxygens (including phenoxy) is 1. The summed E-state index contributed by atoms with van der Waals surface area (Å²) in [5.41, 5.74) is 1.84. The molecule has 0 bridgehead atoms. The van der Waals surface area contributed by atoms with Crippen LogP contribution in [0.25, 0.3) is 0 Å². The van der Waals surface area contributed by atoms with Crippen LogP contribution in [0.5, 0.6) is 0 Å². The van der Waals surface area contributed by atoms with Gasteiger partial charge in [-0.05, 0) is 11.1 Å². The van der Waals surface area contributed by atoms with Gasteiger partial charge in [-0.1, -0.05) is 60.7 Å². The molecule has 1 fully saturated rings. The quantitative estimate of drug-likeness (QED) is 0.697. The summed E-state index contributed by atoms with van der Waals surface area (Å²) in [4.78, 5) is 24.8. The first-order valence-electron chi connectivity index (χ1n) is 7.77. The molecule has 0 radical (unpaired) electrons. The first-order valence-corrected chi connectivity index (χ1v) is 7.77. The summed E-state index contributed by atoms with van der Waals surface area (Å²) in [6.07, 6.45) is 0.356. The summed E-state index contributed by atoms with van der Waals surface area (Å²) in [5, 5.41) is 3.27. The van der Waals surface area contributed by atoms with Gasteiger partial charge in [0.15, 0.2) is 0 Å². The lowest BCUT2D eigenvalue weighted by molar-refractivity contribution is -0.155. The molecule has 1 heterocycles. The molecular weight excluding hydrogens is 290 g/mol. The molecule has 2 atom stereocenters. The highest BCUT2D eigenvalue weighted by Gasteiger charge is 2.39. The number of Topliss-reactive ketones (excluding diaryl/α,β-unsaturated/α-hetero) is 1. The molecule has 3 rings (SSSR count). The molecule has 23 heavy (non-hydrogen) atoms. The molecule has 1 aliphatic rings. The standard InChI is InChI=1S/C19H19NO3/c21-16-11-12-20-18(15-9-5-2-6-10-15)17(16)19(22)23-13-14-7-3-1-4-8-14/h1-10,17-18,20H,11-13H2/t17-,18+/m0/s1. The van der Waals surface area contributed by atoms with E-state index in [0.717, 1.165) is 11.1 Å². The van der Waals surface area contributed by atoms with Crippen molar-refractivity contribution in [1.29, 1.82) is 0 Å². The number of carbonyl (C=O) groups is 2. The van der Waals surface area contributed by atoms with Crippen LogP contribution in [0.2, 0.25) is 0 Å². The predicted molar refractivity (Wildman–Crippen MR) is 86.5 cm³/mol. The first kappa shape index (κ1) is 15.4. The molecule has 118 valence electrons. The molecule has 4 heteroatoms. The van der Waals surface area contributed by atoms with Gasteiger partial charge in [-0.15, -0.1) is 0 Å². The van der Waals surface area contributed by atoms with Crippen LogP contribution in [-0.4, -0.2) is 18.3 Å². The Balaban J connectivity index is 1.74. The number of benzene rings is 2. The summed E-state index contributed by atoms with van der Waals surface area (Å²) in [5.74, 6) is -1.30. The van der Waals surface area contributed by atoms with Crippen molar-refractivity contribution in [3.05, 3.63) is 71.8 Å². The monoisotopic (exact) mass is 309 g/mol. The molecule has 0 saturated carbocycles. The Morgan fingerprint density at radius 1 is 1.04 bits per heavy atom. The second kappa shape index (κ2) is 7.20. The van der Waals surface area contributed by atoms with Gasteiger partial charge < -0.3 is 10.1 Å². The van der Waals surface area contributed by atoms with Crippen LogP contribution in [0.15, 0.2) is 60.7 Å². The number of ketones is 1. The number of piperidine rings is 1. The van der Waals surface area contributed by atoms with Crippen molar-refractivity contribution < 1.29 is 14.3 Å². The third kappa shape index (κ3) is 3.66. The highest BCUT2D eigenvalue weighted by Crippen LogP contribution is 2.28. The molecular formula is C19H19NO3. The molecule has 4 nitrogen and oxygen atoms in total. The maximum Gasteiger partial charge on any atom is 0.318 e. The Morgan fingerprint density at radius 3 is 2.39 bits per heavy atom. The maximum absolute atomic E-state index is 12.5. The number of hydrogen-bond acceptors (Lipinski definition) is 4. The van der Waals surface area contributed by atoms with Gasteiger partial charge in [-0.25, -0.2) is 0 Å². The predicted octanol–water partition coefficient (Wildman–Crippen LogP) is 2.65. The topological polar surface area (TPSA) is 55.4 Å². The normalized spacial score (nSPS) is 21.0. The zero-order chi connectivity index (χ0) is 16.1. The second-order valence-corrected chi connectivity index (χ2v) is 5.63. The molecule has 1 aliphatic heterocycles. The summed E-state index contributed by atoms with van der Waals surface area (Å²) >= 11 is 0. The average Bonchev–Trinajstić information content (AvgIpc) is 2.61. The van der Waals surface area contributed by atoms with Crippen molar-refractivity contribution in [2.45, 2.75) is 19.1 Å². The molecule has 1 N–H and O–H groups in total. The number of carbonyl (C=O) groups excluding carboxylic acids is 2. The average molecular weight is 309 g/mol. The second-order valence-electron chi connectivity index (χ2n) is 5.63. The summed E-state index contributed by atoms with van der Waals surface area (Å²) < 4.78 is 5.39. The van der Waals surface area contributed by atoms with E-state index in [4.69, 9.17) is 4.74 Å². The fourth-order valence-corrected chi connectivity index (χ4v) is 2.87. The molecule has 1 saturated heterocycles. The van der Waals surface area contributed by atoms with E-state index in [9.17, 15) is 9.59 Å². The highest BCUT2D eigenvalue weighted by molar-refractivity contribution is 6.00. The van der Waals surface area contributed by atoms with Gasteiger partial charge in [-0.3, -0.25) is 9.59 Å². The molecule has 0 amide bonds. The maximum atomic E-state index is 12.5.